The largest absolute Gasteiger partial charge is 0.494 e. The second-order valence-corrected chi connectivity index (χ2v) is 7.37. The highest BCUT2D eigenvalue weighted by atomic mass is 127. The minimum atomic E-state index is -0.376. The summed E-state index contributed by atoms with van der Waals surface area (Å²) in [7, 11) is 1.45. The summed E-state index contributed by atoms with van der Waals surface area (Å²) in [6, 6.07) is 4.84. The molecule has 3 atom stereocenters. The van der Waals surface area contributed by atoms with Crippen molar-refractivity contribution in [3.05, 3.63) is 29.6 Å². The molecule has 0 radical (unpaired) electrons. The molecule has 2 rings (SSSR count). The second-order valence-electron chi connectivity index (χ2n) is 7.37. The third-order valence-electron chi connectivity index (χ3n) is 5.25. The maximum Gasteiger partial charge on any atom is 0.191 e. The zero-order chi connectivity index (χ0) is 19.2. The monoisotopic (exact) mass is 493 g/mol. The summed E-state index contributed by atoms with van der Waals surface area (Å²) >= 11 is 0. The molecular weight excluding hydrogens is 460 g/mol. The van der Waals surface area contributed by atoms with Crippen molar-refractivity contribution in [2.45, 2.75) is 58.6 Å². The van der Waals surface area contributed by atoms with Crippen LogP contribution in [0.2, 0.25) is 0 Å². The van der Waals surface area contributed by atoms with E-state index in [1.54, 1.807) is 6.07 Å². The van der Waals surface area contributed by atoms with Crippen molar-refractivity contribution in [2.75, 3.05) is 20.2 Å². The number of aliphatic hydroxyl groups is 1. The van der Waals surface area contributed by atoms with Crippen LogP contribution < -0.4 is 15.4 Å². The minimum Gasteiger partial charge on any atom is -0.494 e. The number of halogens is 2. The summed E-state index contributed by atoms with van der Waals surface area (Å²) in [6.45, 7) is 7.37. The molecule has 1 aliphatic rings. The Hall–Kier alpha value is -1.09. The Morgan fingerprint density at radius 2 is 2.19 bits per heavy atom. The van der Waals surface area contributed by atoms with Gasteiger partial charge in [0, 0.05) is 12.0 Å². The number of nitrogens with zero attached hydrogens (tertiary/aromatic N) is 1. The van der Waals surface area contributed by atoms with Crippen molar-refractivity contribution >= 4 is 29.9 Å². The van der Waals surface area contributed by atoms with Gasteiger partial charge in [-0.1, -0.05) is 25.8 Å². The van der Waals surface area contributed by atoms with Crippen LogP contribution in [0.5, 0.6) is 5.75 Å². The second kappa shape index (κ2) is 11.0. The highest BCUT2D eigenvalue weighted by molar-refractivity contribution is 14.0. The zero-order valence-electron chi connectivity index (χ0n) is 16.7. The van der Waals surface area contributed by atoms with E-state index in [0.29, 0.717) is 12.5 Å². The van der Waals surface area contributed by atoms with E-state index in [2.05, 4.69) is 17.6 Å². The van der Waals surface area contributed by atoms with Crippen LogP contribution in [0, 0.1) is 11.2 Å². The molecule has 5 nitrogen and oxygen atoms in total. The summed E-state index contributed by atoms with van der Waals surface area (Å²) in [6.07, 6.45) is 3.73. The Balaban J connectivity index is 0.00000364. The lowest BCUT2D eigenvalue weighted by Crippen LogP contribution is -2.42. The van der Waals surface area contributed by atoms with Gasteiger partial charge in [0.25, 0.3) is 0 Å². The fourth-order valence-electron chi connectivity index (χ4n) is 3.39. The molecule has 0 amide bonds. The Morgan fingerprint density at radius 3 is 2.78 bits per heavy atom. The molecule has 0 saturated heterocycles. The molecule has 0 aliphatic heterocycles. The molecule has 1 aliphatic carbocycles. The fourth-order valence-corrected chi connectivity index (χ4v) is 3.39. The van der Waals surface area contributed by atoms with Gasteiger partial charge in [0.2, 0.25) is 0 Å². The standard InChI is InChI=1S/C20H32FN3O2.HI/c1-5-22-19(23-13-20(3)11-7-6-8-18(20)25)24-14(2)15-9-10-17(26-4)16(21)12-15;/h9-10,12,14,18,25H,5-8,11,13H2,1-4H3,(H2,22,23,24);1H. The minimum absolute atomic E-state index is 0. The third-order valence-corrected chi connectivity index (χ3v) is 5.25. The van der Waals surface area contributed by atoms with Crippen molar-refractivity contribution < 1.29 is 14.2 Å². The Kier molecular flexibility index (Phi) is 9.80. The molecule has 0 bridgehead atoms. The van der Waals surface area contributed by atoms with E-state index < -0.39 is 0 Å². The zero-order valence-corrected chi connectivity index (χ0v) is 19.0. The topological polar surface area (TPSA) is 65.9 Å². The number of hydrogen-bond acceptors (Lipinski definition) is 3. The number of benzene rings is 1. The van der Waals surface area contributed by atoms with Crippen LogP contribution in [0.25, 0.3) is 0 Å². The van der Waals surface area contributed by atoms with E-state index in [1.807, 2.05) is 19.9 Å². The summed E-state index contributed by atoms with van der Waals surface area (Å²) in [5, 5.41) is 16.9. The molecule has 27 heavy (non-hydrogen) atoms. The van der Waals surface area contributed by atoms with Gasteiger partial charge in [-0.05, 0) is 44.4 Å². The first-order valence-electron chi connectivity index (χ1n) is 9.46. The SMILES string of the molecule is CCNC(=NCC1(C)CCCCC1O)NC(C)c1ccc(OC)c(F)c1.I. The first-order valence-corrected chi connectivity index (χ1v) is 9.46. The lowest BCUT2D eigenvalue weighted by molar-refractivity contribution is 0.00715. The Morgan fingerprint density at radius 1 is 1.44 bits per heavy atom. The van der Waals surface area contributed by atoms with Crippen molar-refractivity contribution in [3.63, 3.8) is 0 Å². The maximum atomic E-state index is 14.0. The smallest absolute Gasteiger partial charge is 0.191 e. The van der Waals surface area contributed by atoms with Gasteiger partial charge in [-0.2, -0.15) is 0 Å². The van der Waals surface area contributed by atoms with E-state index in [0.717, 1.165) is 37.8 Å². The normalized spacial score (nSPS) is 23.9. The van der Waals surface area contributed by atoms with Crippen LogP contribution in [0.3, 0.4) is 0 Å². The van der Waals surface area contributed by atoms with Crippen molar-refractivity contribution in [3.8, 4) is 5.75 Å². The maximum absolute atomic E-state index is 14.0. The molecule has 3 unspecified atom stereocenters. The molecule has 7 heteroatoms. The van der Waals surface area contributed by atoms with Crippen LogP contribution in [0.1, 0.15) is 58.1 Å². The van der Waals surface area contributed by atoms with Crippen LogP contribution in [0.15, 0.2) is 23.2 Å². The van der Waals surface area contributed by atoms with Gasteiger partial charge in [0.1, 0.15) is 0 Å². The summed E-state index contributed by atoms with van der Waals surface area (Å²) < 4.78 is 18.9. The van der Waals surface area contributed by atoms with E-state index in [4.69, 9.17) is 9.73 Å². The number of nitrogens with one attached hydrogen (secondary N) is 2. The van der Waals surface area contributed by atoms with Gasteiger partial charge < -0.3 is 20.5 Å². The number of aliphatic hydroxyl groups excluding tert-OH is 1. The molecule has 1 aromatic rings. The number of guanidine groups is 1. The number of rotatable bonds is 6. The van der Waals surface area contributed by atoms with Gasteiger partial charge >= 0.3 is 0 Å². The number of hydrogen-bond donors (Lipinski definition) is 3. The average molecular weight is 493 g/mol. The molecule has 1 aromatic carbocycles. The van der Waals surface area contributed by atoms with Gasteiger partial charge in [-0.3, -0.25) is 4.99 Å². The Labute approximate surface area is 179 Å². The van der Waals surface area contributed by atoms with E-state index in [9.17, 15) is 9.50 Å². The summed E-state index contributed by atoms with van der Waals surface area (Å²) in [5.41, 5.74) is 0.633. The van der Waals surface area contributed by atoms with Crippen molar-refractivity contribution in [1.29, 1.82) is 0 Å². The highest BCUT2D eigenvalue weighted by Crippen LogP contribution is 2.36. The molecule has 3 N–H and O–H groups in total. The molecule has 1 fully saturated rings. The quantitative estimate of drug-likeness (QED) is 0.319. The van der Waals surface area contributed by atoms with Crippen LogP contribution >= 0.6 is 24.0 Å². The summed E-state index contributed by atoms with van der Waals surface area (Å²) in [5.74, 6) is 0.536. The average Bonchev–Trinajstić information content (AvgIpc) is 2.62. The van der Waals surface area contributed by atoms with E-state index >= 15 is 0 Å². The predicted molar refractivity (Wildman–Crippen MR) is 118 cm³/mol. The molecule has 0 heterocycles. The lowest BCUT2D eigenvalue weighted by atomic mass is 9.73. The number of methoxy groups -OCH3 is 1. The first kappa shape index (κ1) is 23.9. The Bertz CT molecular complexity index is 629. The predicted octanol–water partition coefficient (Wildman–Crippen LogP) is 4.01. The van der Waals surface area contributed by atoms with Crippen LogP contribution in [-0.4, -0.2) is 37.4 Å². The molecule has 1 saturated carbocycles. The van der Waals surface area contributed by atoms with Crippen LogP contribution in [0.4, 0.5) is 4.39 Å². The number of ether oxygens (including phenoxy) is 1. The first-order chi connectivity index (χ1) is 12.4. The number of aliphatic imine (C=N–C) groups is 1. The molecular formula is C20H33FIN3O2. The van der Waals surface area contributed by atoms with Crippen LogP contribution in [-0.2, 0) is 0 Å². The van der Waals surface area contributed by atoms with E-state index in [1.165, 1.54) is 13.2 Å². The summed E-state index contributed by atoms with van der Waals surface area (Å²) in [4.78, 5) is 4.70. The van der Waals surface area contributed by atoms with Gasteiger partial charge in [0.15, 0.2) is 17.5 Å². The van der Waals surface area contributed by atoms with Crippen molar-refractivity contribution in [1.82, 2.24) is 10.6 Å². The fraction of sp³-hybridized carbons (Fsp3) is 0.650. The molecule has 0 spiro atoms. The lowest BCUT2D eigenvalue weighted by Gasteiger charge is -2.37. The van der Waals surface area contributed by atoms with Crippen molar-refractivity contribution in [2.24, 2.45) is 10.4 Å². The van der Waals surface area contributed by atoms with Gasteiger partial charge in [0.05, 0.1) is 25.8 Å². The van der Waals surface area contributed by atoms with Gasteiger partial charge in [-0.25, -0.2) is 4.39 Å². The molecule has 0 aromatic heterocycles. The highest BCUT2D eigenvalue weighted by Gasteiger charge is 2.35. The molecule has 154 valence electrons. The third kappa shape index (κ3) is 6.48. The van der Waals surface area contributed by atoms with Gasteiger partial charge in [-0.15, -0.1) is 24.0 Å². The van der Waals surface area contributed by atoms with E-state index in [-0.39, 0.29) is 53.1 Å².